The minimum Gasteiger partial charge on any atom is -0.348 e. The lowest BCUT2D eigenvalue weighted by atomic mass is 10.1. The number of benzene rings is 2. The molecule has 0 spiro atoms. The molecule has 1 atom stereocenters. The maximum Gasteiger partial charge on any atom is 0.240 e. The van der Waals surface area contributed by atoms with Crippen LogP contribution in [0.2, 0.25) is 0 Å². The van der Waals surface area contributed by atoms with Gasteiger partial charge in [-0.05, 0) is 37.2 Å². The van der Waals surface area contributed by atoms with Gasteiger partial charge in [0.1, 0.15) is 6.54 Å². The van der Waals surface area contributed by atoms with Crippen molar-refractivity contribution in [2.75, 3.05) is 0 Å². The van der Waals surface area contributed by atoms with E-state index in [0.717, 1.165) is 16.8 Å². The number of nitrogens with zero attached hydrogens (tertiary/aromatic N) is 1. The number of carbonyl (C=O) groups excluding carboxylic acids is 1. The van der Waals surface area contributed by atoms with E-state index >= 15 is 0 Å². The number of hydrogen-bond donors (Lipinski definition) is 1. The summed E-state index contributed by atoms with van der Waals surface area (Å²) in [5.74, 6) is -0.0424. The molecule has 0 saturated heterocycles. The normalized spacial score (nSPS) is 11.9. The summed E-state index contributed by atoms with van der Waals surface area (Å²) in [5.41, 5.74) is 4.35. The maximum atomic E-state index is 12.5. The number of amides is 1. The lowest BCUT2D eigenvalue weighted by Crippen LogP contribution is -2.30. The number of aryl methyl sites for hydroxylation is 1. The van der Waals surface area contributed by atoms with E-state index in [4.69, 9.17) is 12.2 Å². The molecule has 0 aliphatic rings. The van der Waals surface area contributed by atoms with E-state index in [-0.39, 0.29) is 18.5 Å². The number of carbonyl (C=O) groups is 1. The molecule has 0 fully saturated rings. The van der Waals surface area contributed by atoms with Crippen molar-refractivity contribution in [2.24, 2.45) is 0 Å². The molecule has 3 aromatic rings. The molecule has 0 bridgehead atoms. The number of hydrogen-bond acceptors (Lipinski definition) is 3. The Kier molecular flexibility index (Phi) is 5.46. The Morgan fingerprint density at radius 1 is 1.16 bits per heavy atom. The second-order valence-electron chi connectivity index (χ2n) is 6.04. The first-order valence-corrected chi connectivity index (χ1v) is 9.43. The molecule has 25 heavy (non-hydrogen) atoms. The smallest absolute Gasteiger partial charge is 0.240 e. The fraction of sp³-hybridized carbons (Fsp3) is 0.200. The summed E-state index contributed by atoms with van der Waals surface area (Å²) in [6.45, 7) is 4.27. The molecule has 0 saturated carbocycles. The fourth-order valence-electron chi connectivity index (χ4n) is 2.69. The zero-order chi connectivity index (χ0) is 17.8. The van der Waals surface area contributed by atoms with Gasteiger partial charge in [-0.2, -0.15) is 0 Å². The highest BCUT2D eigenvalue weighted by atomic mass is 32.1. The zero-order valence-corrected chi connectivity index (χ0v) is 15.9. The van der Waals surface area contributed by atoms with Gasteiger partial charge in [0.25, 0.3) is 0 Å². The van der Waals surface area contributed by atoms with Crippen LogP contribution in [0.15, 0.2) is 60.0 Å². The van der Waals surface area contributed by atoms with Crippen molar-refractivity contribution < 1.29 is 4.79 Å². The fourth-order valence-corrected chi connectivity index (χ4v) is 3.76. The van der Waals surface area contributed by atoms with Crippen LogP contribution in [0.5, 0.6) is 0 Å². The van der Waals surface area contributed by atoms with Gasteiger partial charge in [0.05, 0.1) is 11.7 Å². The van der Waals surface area contributed by atoms with E-state index in [2.05, 4.69) is 36.5 Å². The highest BCUT2D eigenvalue weighted by molar-refractivity contribution is 7.73. The lowest BCUT2D eigenvalue weighted by molar-refractivity contribution is -0.122. The summed E-state index contributed by atoms with van der Waals surface area (Å²) in [7, 11) is 0. The standard InChI is InChI=1S/C20H20N2OS2/c1-14-8-10-17(11-9-14)18-13-25-20(24)22(18)12-19(23)21-15(2)16-6-4-3-5-7-16/h3-11,13,15H,12H2,1-2H3,(H,21,23)/t15-/m0/s1. The first-order chi connectivity index (χ1) is 12.0. The second-order valence-corrected chi connectivity index (χ2v) is 7.54. The maximum absolute atomic E-state index is 12.5. The average Bonchev–Trinajstić information content (AvgIpc) is 2.97. The van der Waals surface area contributed by atoms with Crippen molar-refractivity contribution in [3.8, 4) is 11.3 Å². The molecule has 1 aromatic heterocycles. The van der Waals surface area contributed by atoms with Crippen LogP contribution in [0.3, 0.4) is 0 Å². The third-order valence-corrected chi connectivity index (χ3v) is 5.38. The molecule has 1 amide bonds. The Morgan fingerprint density at radius 3 is 2.52 bits per heavy atom. The van der Waals surface area contributed by atoms with Crippen LogP contribution in [0.25, 0.3) is 11.3 Å². The van der Waals surface area contributed by atoms with Gasteiger partial charge < -0.3 is 9.88 Å². The predicted molar refractivity (Wildman–Crippen MR) is 106 cm³/mol. The quantitative estimate of drug-likeness (QED) is 0.633. The molecule has 5 heteroatoms. The SMILES string of the molecule is Cc1ccc(-c2csc(=S)n2CC(=O)N[C@@H](C)c2ccccc2)cc1. The molecular weight excluding hydrogens is 348 g/mol. The summed E-state index contributed by atoms with van der Waals surface area (Å²) in [4.78, 5) is 12.5. The number of rotatable bonds is 5. The van der Waals surface area contributed by atoms with Gasteiger partial charge in [-0.15, -0.1) is 11.3 Å². The van der Waals surface area contributed by atoms with E-state index in [1.807, 2.05) is 47.2 Å². The molecule has 1 N–H and O–H groups in total. The predicted octanol–water partition coefficient (Wildman–Crippen LogP) is 5.13. The third-order valence-electron chi connectivity index (χ3n) is 4.11. The molecular formula is C20H20N2OS2. The lowest BCUT2D eigenvalue weighted by Gasteiger charge is -2.15. The Bertz CT molecular complexity index is 911. The largest absolute Gasteiger partial charge is 0.348 e. The summed E-state index contributed by atoms with van der Waals surface area (Å²) < 4.78 is 2.61. The van der Waals surface area contributed by atoms with E-state index < -0.39 is 0 Å². The van der Waals surface area contributed by atoms with Crippen molar-refractivity contribution in [1.29, 1.82) is 0 Å². The summed E-state index contributed by atoms with van der Waals surface area (Å²) in [6, 6.07) is 18.2. The van der Waals surface area contributed by atoms with Crippen molar-refractivity contribution in [3.63, 3.8) is 0 Å². The molecule has 3 rings (SSSR count). The minimum absolute atomic E-state index is 0.0377. The summed E-state index contributed by atoms with van der Waals surface area (Å²) >= 11 is 6.91. The van der Waals surface area contributed by atoms with Crippen LogP contribution in [-0.4, -0.2) is 10.5 Å². The Balaban J connectivity index is 1.77. The van der Waals surface area contributed by atoms with Gasteiger partial charge in [-0.1, -0.05) is 60.2 Å². The number of aromatic nitrogens is 1. The number of thiazole rings is 1. The van der Waals surface area contributed by atoms with Crippen molar-refractivity contribution in [2.45, 2.75) is 26.4 Å². The van der Waals surface area contributed by atoms with Crippen molar-refractivity contribution >= 4 is 29.5 Å². The van der Waals surface area contributed by atoms with Gasteiger partial charge in [0.2, 0.25) is 5.91 Å². The molecule has 3 nitrogen and oxygen atoms in total. The van der Waals surface area contributed by atoms with Crippen LogP contribution in [0.1, 0.15) is 24.1 Å². The highest BCUT2D eigenvalue weighted by Gasteiger charge is 2.13. The highest BCUT2D eigenvalue weighted by Crippen LogP contribution is 2.24. The van der Waals surface area contributed by atoms with E-state index in [1.54, 1.807) is 0 Å². The Labute approximate surface area is 157 Å². The third kappa shape index (κ3) is 4.24. The van der Waals surface area contributed by atoms with Crippen molar-refractivity contribution in [3.05, 3.63) is 75.1 Å². The molecule has 0 radical (unpaired) electrons. The zero-order valence-electron chi connectivity index (χ0n) is 14.2. The molecule has 2 aromatic carbocycles. The van der Waals surface area contributed by atoms with Gasteiger partial charge in [-0.25, -0.2) is 0 Å². The molecule has 0 unspecified atom stereocenters. The molecule has 1 heterocycles. The van der Waals surface area contributed by atoms with Gasteiger partial charge >= 0.3 is 0 Å². The Morgan fingerprint density at radius 2 is 1.84 bits per heavy atom. The van der Waals surface area contributed by atoms with Crippen LogP contribution in [0, 0.1) is 10.9 Å². The van der Waals surface area contributed by atoms with Gasteiger partial charge in [0.15, 0.2) is 3.95 Å². The summed E-state index contributed by atoms with van der Waals surface area (Å²) in [5, 5.41) is 5.06. The average molecular weight is 369 g/mol. The van der Waals surface area contributed by atoms with Crippen LogP contribution >= 0.6 is 23.6 Å². The molecule has 128 valence electrons. The van der Waals surface area contributed by atoms with Crippen LogP contribution < -0.4 is 5.32 Å². The van der Waals surface area contributed by atoms with Gasteiger partial charge in [0, 0.05) is 5.38 Å². The summed E-state index contributed by atoms with van der Waals surface area (Å²) in [6.07, 6.45) is 0. The second kappa shape index (κ2) is 7.76. The topological polar surface area (TPSA) is 34.0 Å². The Hall–Kier alpha value is -2.24. The van der Waals surface area contributed by atoms with Crippen LogP contribution in [0.4, 0.5) is 0 Å². The minimum atomic E-state index is -0.0424. The first kappa shape index (κ1) is 17.6. The van der Waals surface area contributed by atoms with Crippen LogP contribution in [-0.2, 0) is 11.3 Å². The number of nitrogens with one attached hydrogen (secondary N) is 1. The first-order valence-electron chi connectivity index (χ1n) is 8.14. The molecule has 0 aliphatic heterocycles. The van der Waals surface area contributed by atoms with Gasteiger partial charge in [-0.3, -0.25) is 4.79 Å². The van der Waals surface area contributed by atoms with E-state index in [0.29, 0.717) is 3.95 Å². The monoisotopic (exact) mass is 368 g/mol. The van der Waals surface area contributed by atoms with E-state index in [1.165, 1.54) is 16.9 Å². The molecule has 0 aliphatic carbocycles. The van der Waals surface area contributed by atoms with Crippen molar-refractivity contribution in [1.82, 2.24) is 9.88 Å². The van der Waals surface area contributed by atoms with E-state index in [9.17, 15) is 4.79 Å².